The molecule has 0 bridgehead atoms. The highest BCUT2D eigenvalue weighted by Gasteiger charge is 2.61. The van der Waals surface area contributed by atoms with Crippen molar-refractivity contribution in [2.75, 3.05) is 6.61 Å². The lowest BCUT2D eigenvalue weighted by Crippen LogP contribution is -2.57. The molecule has 4 fully saturated rings. The summed E-state index contributed by atoms with van der Waals surface area (Å²) in [5, 5.41) is 10.8. The summed E-state index contributed by atoms with van der Waals surface area (Å²) in [6.45, 7) is 10.1. The van der Waals surface area contributed by atoms with Crippen molar-refractivity contribution in [3.63, 3.8) is 0 Å². The van der Waals surface area contributed by atoms with Crippen molar-refractivity contribution in [1.29, 1.82) is 0 Å². The van der Waals surface area contributed by atoms with Gasteiger partial charge in [-0.15, -0.1) is 6.58 Å². The van der Waals surface area contributed by atoms with Crippen LogP contribution >= 0.6 is 0 Å². The van der Waals surface area contributed by atoms with Gasteiger partial charge in [0.25, 0.3) is 0 Å². The summed E-state index contributed by atoms with van der Waals surface area (Å²) in [7, 11) is 0. The van der Waals surface area contributed by atoms with E-state index < -0.39 is 0 Å². The summed E-state index contributed by atoms with van der Waals surface area (Å²) >= 11 is 0. The fraction of sp³-hybridized carbons (Fsp3) is 0.742. The van der Waals surface area contributed by atoms with E-state index >= 15 is 0 Å². The van der Waals surface area contributed by atoms with Crippen LogP contribution in [-0.4, -0.2) is 23.9 Å². The number of aryl methyl sites for hydroxylation is 1. The molecule has 1 aromatic rings. The van der Waals surface area contributed by atoms with Crippen LogP contribution in [0.3, 0.4) is 0 Å². The second-order valence-corrected chi connectivity index (χ2v) is 12.4. The first-order chi connectivity index (χ1) is 16.0. The first kappa shape index (κ1) is 23.6. The Hall–Kier alpha value is -1.12. The van der Waals surface area contributed by atoms with Gasteiger partial charge in [-0.25, -0.2) is 0 Å². The summed E-state index contributed by atoms with van der Waals surface area (Å²) in [4.78, 5) is 0. The molecule has 1 aromatic carbocycles. The predicted molar refractivity (Wildman–Crippen MR) is 136 cm³/mol. The van der Waals surface area contributed by atoms with E-state index in [1.54, 1.807) is 0 Å². The molecule has 4 aliphatic carbocycles. The first-order valence-electron chi connectivity index (χ1n) is 13.9. The number of hydrogen-bond acceptors (Lipinski definition) is 2. The van der Waals surface area contributed by atoms with Crippen LogP contribution in [0.5, 0.6) is 0 Å². The molecule has 182 valence electrons. The molecular weight excluding hydrogens is 404 g/mol. The van der Waals surface area contributed by atoms with E-state index in [2.05, 4.69) is 56.8 Å². The van der Waals surface area contributed by atoms with Gasteiger partial charge in [0.1, 0.15) is 0 Å². The fourth-order valence-corrected chi connectivity index (χ4v) is 9.39. The average molecular weight is 451 g/mol. The Kier molecular flexibility index (Phi) is 6.80. The summed E-state index contributed by atoms with van der Waals surface area (Å²) in [6.07, 6.45) is 15.8. The number of fused-ring (bicyclic) bond motifs is 5. The Morgan fingerprint density at radius 2 is 1.67 bits per heavy atom. The highest BCUT2D eigenvalue weighted by molar-refractivity contribution is 5.15. The van der Waals surface area contributed by atoms with Crippen LogP contribution in [0.2, 0.25) is 0 Å². The normalized spacial score (nSPS) is 44.5. The van der Waals surface area contributed by atoms with Crippen LogP contribution in [-0.2, 0) is 11.2 Å². The van der Waals surface area contributed by atoms with E-state index in [9.17, 15) is 5.11 Å². The van der Waals surface area contributed by atoms with Crippen LogP contribution in [0, 0.1) is 40.4 Å². The SMILES string of the molecule is C=CCC1C(O)CC[C@@]2(C)C1CC[C@@H]1[C@H]2CC[C@]2(C)C(OCCCc3ccccc3)CC[C@@H]12. The lowest BCUT2D eigenvalue weighted by Gasteiger charge is -2.62. The second kappa shape index (κ2) is 9.50. The Morgan fingerprint density at radius 1 is 0.939 bits per heavy atom. The smallest absolute Gasteiger partial charge is 0.0631 e. The maximum atomic E-state index is 10.8. The Morgan fingerprint density at radius 3 is 2.45 bits per heavy atom. The minimum Gasteiger partial charge on any atom is -0.393 e. The number of aliphatic hydroxyl groups excluding tert-OH is 1. The van der Waals surface area contributed by atoms with E-state index in [1.165, 1.54) is 50.5 Å². The molecule has 4 saturated carbocycles. The number of aliphatic hydroxyl groups is 1. The van der Waals surface area contributed by atoms with Crippen molar-refractivity contribution in [3.05, 3.63) is 48.6 Å². The van der Waals surface area contributed by atoms with Gasteiger partial charge < -0.3 is 9.84 Å². The van der Waals surface area contributed by atoms with Gasteiger partial charge in [0.15, 0.2) is 0 Å². The van der Waals surface area contributed by atoms with Crippen molar-refractivity contribution < 1.29 is 9.84 Å². The number of hydrogen-bond donors (Lipinski definition) is 1. The van der Waals surface area contributed by atoms with Gasteiger partial charge in [0.2, 0.25) is 0 Å². The van der Waals surface area contributed by atoms with Crippen LogP contribution in [0.15, 0.2) is 43.0 Å². The maximum absolute atomic E-state index is 10.8. The summed E-state index contributed by atoms with van der Waals surface area (Å²) < 4.78 is 6.63. The molecule has 2 nitrogen and oxygen atoms in total. The van der Waals surface area contributed by atoms with Crippen LogP contribution in [0.1, 0.15) is 83.6 Å². The molecule has 9 atom stereocenters. The Labute approximate surface area is 202 Å². The standard InChI is InChI=1S/C31H46O2/c1-4-9-24-26-14-13-23-25-15-16-29(33-21-8-12-22-10-6-5-7-11-22)31(25,3)19-17-27(23)30(26,2)20-18-28(24)32/h4-7,10-11,23-29,32H,1,8-9,12-21H2,2-3H3/t23-,24?,25-,26?,27+,28?,29?,30-,31-/m0/s1. The molecule has 33 heavy (non-hydrogen) atoms. The van der Waals surface area contributed by atoms with Crippen molar-refractivity contribution in [2.24, 2.45) is 40.4 Å². The molecule has 1 N–H and O–H groups in total. The number of rotatable bonds is 7. The molecule has 0 spiro atoms. The molecule has 0 amide bonds. The van der Waals surface area contributed by atoms with Gasteiger partial charge in [0, 0.05) is 6.61 Å². The zero-order valence-corrected chi connectivity index (χ0v) is 21.1. The molecule has 5 rings (SSSR count). The van der Waals surface area contributed by atoms with Gasteiger partial charge in [-0.05, 0) is 117 Å². The minimum absolute atomic E-state index is 0.119. The highest BCUT2D eigenvalue weighted by atomic mass is 16.5. The number of allylic oxidation sites excluding steroid dienone is 1. The van der Waals surface area contributed by atoms with Crippen LogP contribution in [0.4, 0.5) is 0 Å². The molecule has 2 heteroatoms. The van der Waals surface area contributed by atoms with Gasteiger partial charge in [-0.1, -0.05) is 50.3 Å². The van der Waals surface area contributed by atoms with Crippen molar-refractivity contribution in [3.8, 4) is 0 Å². The third-order valence-corrected chi connectivity index (χ3v) is 11.1. The van der Waals surface area contributed by atoms with Gasteiger partial charge in [-0.2, -0.15) is 0 Å². The molecule has 0 aromatic heterocycles. The zero-order chi connectivity index (χ0) is 23.1. The number of benzene rings is 1. The van der Waals surface area contributed by atoms with Crippen molar-refractivity contribution in [2.45, 2.75) is 96.7 Å². The van der Waals surface area contributed by atoms with Crippen LogP contribution in [0.25, 0.3) is 0 Å². The van der Waals surface area contributed by atoms with E-state index in [4.69, 9.17) is 4.74 Å². The van der Waals surface area contributed by atoms with E-state index in [0.717, 1.165) is 50.0 Å². The molecule has 4 aliphatic rings. The molecule has 0 heterocycles. The Bertz CT molecular complexity index is 804. The highest BCUT2D eigenvalue weighted by Crippen LogP contribution is 2.67. The van der Waals surface area contributed by atoms with Gasteiger partial charge in [-0.3, -0.25) is 0 Å². The first-order valence-corrected chi connectivity index (χ1v) is 13.9. The summed E-state index contributed by atoms with van der Waals surface area (Å²) in [6, 6.07) is 10.8. The monoisotopic (exact) mass is 450 g/mol. The Balaban J connectivity index is 1.23. The minimum atomic E-state index is -0.119. The zero-order valence-electron chi connectivity index (χ0n) is 21.1. The lowest BCUT2D eigenvalue weighted by molar-refractivity contribution is -0.159. The molecule has 4 unspecified atom stereocenters. The topological polar surface area (TPSA) is 29.5 Å². The predicted octanol–water partition coefficient (Wildman–Crippen LogP) is 7.21. The molecule has 0 aliphatic heterocycles. The molecule has 0 radical (unpaired) electrons. The van der Waals surface area contributed by atoms with E-state index in [1.807, 2.05) is 0 Å². The lowest BCUT2D eigenvalue weighted by atomic mass is 9.43. The van der Waals surface area contributed by atoms with Crippen molar-refractivity contribution >= 4 is 0 Å². The maximum Gasteiger partial charge on any atom is 0.0631 e. The average Bonchev–Trinajstić information content (AvgIpc) is 3.16. The fourth-order valence-electron chi connectivity index (χ4n) is 9.39. The second-order valence-electron chi connectivity index (χ2n) is 12.4. The van der Waals surface area contributed by atoms with Crippen LogP contribution < -0.4 is 0 Å². The molecule has 0 saturated heterocycles. The quantitative estimate of drug-likeness (QED) is 0.351. The third-order valence-electron chi connectivity index (χ3n) is 11.1. The van der Waals surface area contributed by atoms with E-state index in [-0.39, 0.29) is 6.10 Å². The van der Waals surface area contributed by atoms with E-state index in [0.29, 0.717) is 28.8 Å². The van der Waals surface area contributed by atoms with Gasteiger partial charge >= 0.3 is 0 Å². The molecular formula is C31H46O2. The summed E-state index contributed by atoms with van der Waals surface area (Å²) in [5.74, 6) is 3.64. The van der Waals surface area contributed by atoms with Crippen molar-refractivity contribution in [1.82, 2.24) is 0 Å². The summed E-state index contributed by atoms with van der Waals surface area (Å²) in [5.41, 5.74) is 2.20. The number of ether oxygens (including phenoxy) is 1. The van der Waals surface area contributed by atoms with Gasteiger partial charge in [0.05, 0.1) is 12.2 Å². The largest absolute Gasteiger partial charge is 0.393 e. The third kappa shape index (κ3) is 4.14.